The van der Waals surface area contributed by atoms with Crippen molar-refractivity contribution in [2.24, 2.45) is 0 Å². The highest BCUT2D eigenvalue weighted by Gasteiger charge is 2.22. The van der Waals surface area contributed by atoms with Crippen LogP contribution in [0.1, 0.15) is 11.1 Å². The first kappa shape index (κ1) is 18.9. The molecule has 1 heterocycles. The molecule has 1 aliphatic heterocycles. The van der Waals surface area contributed by atoms with E-state index < -0.39 is 0 Å². The first-order valence-electron chi connectivity index (χ1n) is 8.62. The Kier molecular flexibility index (Phi) is 5.94. The second-order valence-corrected chi connectivity index (χ2v) is 7.27. The molecule has 3 rings (SSSR count). The maximum Gasteiger partial charge on any atom is 0.260 e. The Bertz CT molecular complexity index is 802. The van der Waals surface area contributed by atoms with Gasteiger partial charge in [-0.05, 0) is 43.2 Å². The van der Waals surface area contributed by atoms with Gasteiger partial charge in [0, 0.05) is 37.9 Å². The number of anilines is 1. The third-order valence-electron chi connectivity index (χ3n) is 4.80. The predicted molar refractivity (Wildman–Crippen MR) is 107 cm³/mol. The smallest absolute Gasteiger partial charge is 0.260 e. The van der Waals surface area contributed by atoms with Gasteiger partial charge in [0.15, 0.2) is 6.61 Å². The summed E-state index contributed by atoms with van der Waals surface area (Å²) in [5.41, 5.74) is 3.84. The van der Waals surface area contributed by atoms with Crippen LogP contribution < -0.4 is 9.64 Å². The number of carbonyl (C=O) groups excluding carboxylic acids is 1. The van der Waals surface area contributed by atoms with E-state index in [1.807, 2.05) is 4.90 Å². The van der Waals surface area contributed by atoms with Crippen LogP contribution in [0.5, 0.6) is 5.75 Å². The number of ether oxygens (including phenoxy) is 1. The van der Waals surface area contributed by atoms with E-state index in [4.69, 9.17) is 27.9 Å². The largest absolute Gasteiger partial charge is 0.484 e. The van der Waals surface area contributed by atoms with Gasteiger partial charge in [0.25, 0.3) is 5.91 Å². The summed E-state index contributed by atoms with van der Waals surface area (Å²) in [4.78, 5) is 16.6. The number of hydrogen-bond acceptors (Lipinski definition) is 3. The van der Waals surface area contributed by atoms with Crippen molar-refractivity contribution in [3.05, 3.63) is 57.6 Å². The van der Waals surface area contributed by atoms with Crippen molar-refractivity contribution in [1.82, 2.24) is 4.90 Å². The van der Waals surface area contributed by atoms with Gasteiger partial charge in [-0.1, -0.05) is 35.3 Å². The summed E-state index contributed by atoms with van der Waals surface area (Å²) in [6.07, 6.45) is 0. The van der Waals surface area contributed by atoms with Gasteiger partial charge in [0.05, 0.1) is 10.0 Å². The van der Waals surface area contributed by atoms with E-state index in [1.54, 1.807) is 18.2 Å². The molecule has 0 spiro atoms. The zero-order valence-electron chi connectivity index (χ0n) is 15.0. The number of hydrogen-bond donors (Lipinski definition) is 0. The molecule has 0 atom stereocenters. The molecule has 1 aliphatic rings. The third-order valence-corrected chi connectivity index (χ3v) is 5.54. The number of amides is 1. The molecule has 2 aromatic carbocycles. The van der Waals surface area contributed by atoms with E-state index in [9.17, 15) is 4.79 Å². The Morgan fingerprint density at radius 3 is 2.46 bits per heavy atom. The minimum absolute atomic E-state index is 0.00142. The molecule has 0 unspecified atom stereocenters. The lowest BCUT2D eigenvalue weighted by molar-refractivity contribution is -0.133. The highest BCUT2D eigenvalue weighted by molar-refractivity contribution is 6.42. The lowest BCUT2D eigenvalue weighted by Crippen LogP contribution is -2.50. The predicted octanol–water partition coefficient (Wildman–Crippen LogP) is 4.34. The monoisotopic (exact) mass is 392 g/mol. The lowest BCUT2D eigenvalue weighted by Gasteiger charge is -2.37. The normalized spacial score (nSPS) is 14.5. The van der Waals surface area contributed by atoms with Gasteiger partial charge in [-0.25, -0.2) is 0 Å². The van der Waals surface area contributed by atoms with Crippen LogP contribution in [-0.2, 0) is 4.79 Å². The van der Waals surface area contributed by atoms with Crippen LogP contribution in [0.2, 0.25) is 10.0 Å². The number of carbonyl (C=O) groups is 1. The minimum Gasteiger partial charge on any atom is -0.484 e. The van der Waals surface area contributed by atoms with Gasteiger partial charge < -0.3 is 14.5 Å². The molecule has 138 valence electrons. The summed E-state index contributed by atoms with van der Waals surface area (Å²) < 4.78 is 5.56. The molecule has 26 heavy (non-hydrogen) atoms. The fourth-order valence-corrected chi connectivity index (χ4v) is 3.37. The highest BCUT2D eigenvalue weighted by atomic mass is 35.5. The quantitative estimate of drug-likeness (QED) is 0.775. The molecule has 0 bridgehead atoms. The summed E-state index contributed by atoms with van der Waals surface area (Å²) in [5, 5.41) is 0.881. The Hall–Kier alpha value is -1.91. The average molecular weight is 393 g/mol. The molecule has 0 saturated carbocycles. The third kappa shape index (κ3) is 4.25. The van der Waals surface area contributed by atoms with Crippen LogP contribution in [0.25, 0.3) is 0 Å². The second-order valence-electron chi connectivity index (χ2n) is 6.45. The summed E-state index contributed by atoms with van der Waals surface area (Å²) in [6.45, 7) is 7.30. The second kappa shape index (κ2) is 8.19. The van der Waals surface area contributed by atoms with Gasteiger partial charge in [0.1, 0.15) is 5.75 Å². The van der Waals surface area contributed by atoms with Crippen LogP contribution in [0.3, 0.4) is 0 Å². The van der Waals surface area contributed by atoms with Crippen molar-refractivity contribution in [1.29, 1.82) is 0 Å². The van der Waals surface area contributed by atoms with Crippen LogP contribution in [0.4, 0.5) is 5.69 Å². The van der Waals surface area contributed by atoms with E-state index in [2.05, 4.69) is 36.9 Å². The molecule has 1 fully saturated rings. The maximum atomic E-state index is 12.4. The van der Waals surface area contributed by atoms with Crippen LogP contribution >= 0.6 is 23.2 Å². The van der Waals surface area contributed by atoms with Crippen molar-refractivity contribution in [3.8, 4) is 5.75 Å². The Labute approximate surface area is 164 Å². The number of aryl methyl sites for hydroxylation is 1. The van der Waals surface area contributed by atoms with E-state index in [0.717, 1.165) is 13.1 Å². The van der Waals surface area contributed by atoms with E-state index in [-0.39, 0.29) is 12.5 Å². The Morgan fingerprint density at radius 2 is 1.77 bits per heavy atom. The van der Waals surface area contributed by atoms with E-state index >= 15 is 0 Å². The van der Waals surface area contributed by atoms with Gasteiger partial charge in [-0.15, -0.1) is 0 Å². The molecule has 0 radical (unpaired) electrons. The fraction of sp³-hybridized carbons (Fsp3) is 0.350. The molecule has 1 amide bonds. The molecule has 4 nitrogen and oxygen atoms in total. The lowest BCUT2D eigenvalue weighted by atomic mass is 10.1. The SMILES string of the molecule is Cc1cccc(N2CCN(C(=O)COc3ccc(Cl)c(Cl)c3)CC2)c1C. The molecule has 0 aliphatic carbocycles. The van der Waals surface area contributed by atoms with Gasteiger partial charge in [-0.2, -0.15) is 0 Å². The molecular weight excluding hydrogens is 371 g/mol. The van der Waals surface area contributed by atoms with Crippen LogP contribution in [0.15, 0.2) is 36.4 Å². The topological polar surface area (TPSA) is 32.8 Å². The van der Waals surface area contributed by atoms with Crippen molar-refractivity contribution < 1.29 is 9.53 Å². The van der Waals surface area contributed by atoms with Gasteiger partial charge in [-0.3, -0.25) is 4.79 Å². The standard InChI is InChI=1S/C20H22Cl2N2O2/c1-14-4-3-5-19(15(14)2)23-8-10-24(11-9-23)20(25)13-26-16-6-7-17(21)18(22)12-16/h3-7,12H,8-11,13H2,1-2H3. The molecule has 2 aromatic rings. The number of rotatable bonds is 4. The van der Waals surface area contributed by atoms with Crippen molar-refractivity contribution in [2.75, 3.05) is 37.7 Å². The van der Waals surface area contributed by atoms with Crippen LogP contribution in [-0.4, -0.2) is 43.6 Å². The fourth-order valence-electron chi connectivity index (χ4n) is 3.08. The average Bonchev–Trinajstić information content (AvgIpc) is 2.65. The van der Waals surface area contributed by atoms with E-state index in [1.165, 1.54) is 16.8 Å². The molecule has 0 aromatic heterocycles. The van der Waals surface area contributed by atoms with Gasteiger partial charge in [0.2, 0.25) is 0 Å². The zero-order chi connectivity index (χ0) is 18.7. The summed E-state index contributed by atoms with van der Waals surface area (Å²) in [7, 11) is 0. The number of nitrogens with zero attached hydrogens (tertiary/aromatic N) is 2. The molecule has 1 saturated heterocycles. The number of piperazine rings is 1. The van der Waals surface area contributed by atoms with Gasteiger partial charge >= 0.3 is 0 Å². The van der Waals surface area contributed by atoms with Crippen molar-refractivity contribution >= 4 is 34.8 Å². The first-order valence-corrected chi connectivity index (χ1v) is 9.38. The Balaban J connectivity index is 1.53. The van der Waals surface area contributed by atoms with Crippen LogP contribution in [0, 0.1) is 13.8 Å². The highest BCUT2D eigenvalue weighted by Crippen LogP contribution is 2.26. The number of halogens is 2. The number of benzene rings is 2. The molecular formula is C20H22Cl2N2O2. The summed E-state index contributed by atoms with van der Waals surface area (Å²) in [5.74, 6) is 0.526. The van der Waals surface area contributed by atoms with E-state index in [0.29, 0.717) is 28.9 Å². The first-order chi connectivity index (χ1) is 12.5. The molecule has 0 N–H and O–H groups in total. The summed E-state index contributed by atoms with van der Waals surface area (Å²) >= 11 is 11.8. The zero-order valence-corrected chi connectivity index (χ0v) is 16.5. The minimum atomic E-state index is -0.0170. The van der Waals surface area contributed by atoms with Crippen molar-refractivity contribution in [2.45, 2.75) is 13.8 Å². The Morgan fingerprint density at radius 1 is 1.04 bits per heavy atom. The van der Waals surface area contributed by atoms with Crippen molar-refractivity contribution in [3.63, 3.8) is 0 Å². The maximum absolute atomic E-state index is 12.4. The molecule has 6 heteroatoms. The summed E-state index contributed by atoms with van der Waals surface area (Å²) in [6, 6.07) is 11.3.